The van der Waals surface area contributed by atoms with Crippen LogP contribution in [0, 0.1) is 5.82 Å². The molecule has 0 bridgehead atoms. The fourth-order valence-corrected chi connectivity index (χ4v) is 4.69. The Morgan fingerprint density at radius 1 is 1.00 bits per heavy atom. The molecular formula is C28H26F4N6O4. The van der Waals surface area contributed by atoms with Crippen LogP contribution in [0.4, 0.5) is 34.0 Å². The van der Waals surface area contributed by atoms with Crippen molar-refractivity contribution in [1.29, 1.82) is 0 Å². The van der Waals surface area contributed by atoms with E-state index in [0.29, 0.717) is 37.7 Å². The molecule has 2 aliphatic heterocycles. The monoisotopic (exact) mass is 586 g/mol. The summed E-state index contributed by atoms with van der Waals surface area (Å²) in [6, 6.07) is 8.40. The first-order chi connectivity index (χ1) is 19.9. The number of rotatable bonds is 5. The van der Waals surface area contributed by atoms with E-state index in [0.717, 1.165) is 12.1 Å². The Hall–Kier alpha value is -4.75. The number of carbonyl (C=O) groups excluding carboxylic acids is 3. The molecule has 0 N–H and O–H groups in total. The minimum absolute atomic E-state index is 0.0642. The number of cyclic esters (lactones) is 1. The highest BCUT2D eigenvalue weighted by Gasteiger charge is 2.36. The number of ether oxygens (including phenoxy) is 1. The van der Waals surface area contributed by atoms with Crippen molar-refractivity contribution in [2.45, 2.75) is 19.3 Å². The van der Waals surface area contributed by atoms with Gasteiger partial charge in [-0.3, -0.25) is 14.5 Å². The second-order valence-electron chi connectivity index (χ2n) is 9.87. The molecule has 3 heterocycles. The zero-order chi connectivity index (χ0) is 30.2. The smallest absolute Gasteiger partial charge is 0.416 e. The molecule has 3 amide bonds. The lowest BCUT2D eigenvalue weighted by Gasteiger charge is -2.34. The van der Waals surface area contributed by atoms with Crippen LogP contribution >= 0.6 is 0 Å². The number of benzene rings is 2. The number of nitrogens with zero attached hydrogens (tertiary/aromatic N) is 6. The number of carbonyl (C=O) groups is 3. The number of halogens is 4. The van der Waals surface area contributed by atoms with Crippen molar-refractivity contribution in [2.75, 3.05) is 49.6 Å². The number of alkyl halides is 3. The van der Waals surface area contributed by atoms with Gasteiger partial charge in [0.2, 0.25) is 11.9 Å². The summed E-state index contributed by atoms with van der Waals surface area (Å²) in [5.41, 5.74) is 0.278. The molecule has 0 aliphatic carbocycles. The van der Waals surface area contributed by atoms with E-state index in [9.17, 15) is 27.6 Å². The molecule has 0 spiro atoms. The molecule has 5 rings (SSSR count). The summed E-state index contributed by atoms with van der Waals surface area (Å²) in [6.07, 6.45) is -2.98. The lowest BCUT2D eigenvalue weighted by atomic mass is 10.1. The van der Waals surface area contributed by atoms with E-state index in [-0.39, 0.29) is 35.2 Å². The number of hydrogen-bond acceptors (Lipinski definition) is 7. The molecule has 1 atom stereocenters. The van der Waals surface area contributed by atoms with E-state index in [1.54, 1.807) is 11.0 Å². The number of anilines is 2. The first kappa shape index (κ1) is 28.8. The third kappa shape index (κ3) is 5.83. The third-order valence-corrected chi connectivity index (χ3v) is 7.25. The Morgan fingerprint density at radius 3 is 2.21 bits per heavy atom. The van der Waals surface area contributed by atoms with Crippen LogP contribution in [0.2, 0.25) is 0 Å². The molecule has 2 aromatic carbocycles. The van der Waals surface area contributed by atoms with Crippen LogP contribution in [-0.4, -0.2) is 83.7 Å². The van der Waals surface area contributed by atoms with Crippen molar-refractivity contribution < 1.29 is 36.7 Å². The Bertz CT molecular complexity index is 1490. The van der Waals surface area contributed by atoms with Crippen LogP contribution < -0.4 is 9.80 Å². The normalized spacial score (nSPS) is 17.3. The number of hydrogen-bond donors (Lipinski definition) is 0. The Balaban J connectivity index is 1.20. The Labute approximate surface area is 238 Å². The van der Waals surface area contributed by atoms with Crippen LogP contribution in [0.15, 0.2) is 54.9 Å². The van der Waals surface area contributed by atoms with Crippen LogP contribution in [0.3, 0.4) is 0 Å². The highest BCUT2D eigenvalue weighted by molar-refractivity contribution is 5.94. The molecule has 2 aliphatic rings. The highest BCUT2D eigenvalue weighted by Crippen LogP contribution is 2.31. The fourth-order valence-electron chi connectivity index (χ4n) is 4.69. The summed E-state index contributed by atoms with van der Waals surface area (Å²) in [4.78, 5) is 51.3. The van der Waals surface area contributed by atoms with E-state index >= 15 is 4.39 Å². The maximum absolute atomic E-state index is 15.1. The van der Waals surface area contributed by atoms with Crippen LogP contribution in [0.5, 0.6) is 0 Å². The fraction of sp³-hybridized carbons (Fsp3) is 0.321. The number of piperazine rings is 1. The quantitative estimate of drug-likeness (QED) is 0.417. The molecule has 14 heteroatoms. The SMILES string of the molecule is CC(=O)N(C)[C@@H]1CN(c2ccc(-c3cnc(N4CCN(C(=O)c5ccc(C(F)(F)F)cc5)CC4)nc3)c(F)c2)C(=O)O1. The molecule has 0 radical (unpaired) electrons. The van der Waals surface area contributed by atoms with E-state index < -0.39 is 29.9 Å². The van der Waals surface area contributed by atoms with Crippen molar-refractivity contribution in [3.05, 3.63) is 71.8 Å². The van der Waals surface area contributed by atoms with E-state index in [4.69, 9.17) is 4.74 Å². The topological polar surface area (TPSA) is 99.2 Å². The Kier molecular flexibility index (Phi) is 7.71. The van der Waals surface area contributed by atoms with Gasteiger partial charge < -0.3 is 19.4 Å². The van der Waals surface area contributed by atoms with Gasteiger partial charge >= 0.3 is 12.3 Å². The summed E-state index contributed by atoms with van der Waals surface area (Å²) in [6.45, 7) is 2.87. The van der Waals surface area contributed by atoms with Gasteiger partial charge in [0.25, 0.3) is 5.91 Å². The van der Waals surface area contributed by atoms with Crippen LogP contribution in [0.1, 0.15) is 22.8 Å². The first-order valence-electron chi connectivity index (χ1n) is 13.0. The summed E-state index contributed by atoms with van der Waals surface area (Å²) in [5, 5.41) is 0. The molecule has 2 saturated heterocycles. The van der Waals surface area contributed by atoms with Gasteiger partial charge in [-0.25, -0.2) is 19.2 Å². The second kappa shape index (κ2) is 11.3. The zero-order valence-corrected chi connectivity index (χ0v) is 22.6. The molecule has 220 valence electrons. The predicted molar refractivity (Wildman–Crippen MR) is 143 cm³/mol. The van der Waals surface area contributed by atoms with Gasteiger partial charge in [-0.1, -0.05) is 0 Å². The molecule has 2 fully saturated rings. The average molecular weight is 587 g/mol. The van der Waals surface area contributed by atoms with Crippen LogP contribution in [0.25, 0.3) is 11.1 Å². The van der Waals surface area contributed by atoms with Gasteiger partial charge in [0, 0.05) is 69.2 Å². The minimum Gasteiger partial charge on any atom is -0.423 e. The van der Waals surface area contributed by atoms with E-state index in [2.05, 4.69) is 9.97 Å². The summed E-state index contributed by atoms with van der Waals surface area (Å²) < 4.78 is 58.7. The molecule has 0 unspecified atom stereocenters. The van der Waals surface area contributed by atoms with Gasteiger partial charge in [-0.05, 0) is 42.5 Å². The van der Waals surface area contributed by atoms with Crippen molar-refractivity contribution in [1.82, 2.24) is 19.8 Å². The average Bonchev–Trinajstić information content (AvgIpc) is 3.37. The lowest BCUT2D eigenvalue weighted by Crippen LogP contribution is -2.49. The van der Waals surface area contributed by atoms with Crippen molar-refractivity contribution >= 4 is 29.5 Å². The largest absolute Gasteiger partial charge is 0.423 e. The standard InChI is InChI=1S/C28H26F4N6O4/c1-17(39)35(2)24-16-38(27(41)42-24)21-7-8-22(23(29)13-21)19-14-33-26(34-15-19)37-11-9-36(10-12-37)25(40)18-3-5-20(6-4-18)28(30,31)32/h3-8,13-15,24H,9-12,16H2,1-2H3/t24-/m0/s1. The van der Waals surface area contributed by atoms with Gasteiger partial charge in [0.1, 0.15) is 5.82 Å². The molecule has 1 aromatic heterocycles. The third-order valence-electron chi connectivity index (χ3n) is 7.25. The maximum atomic E-state index is 15.1. The number of likely N-dealkylation sites (N-methyl/N-ethyl adjacent to an activating group) is 1. The second-order valence-corrected chi connectivity index (χ2v) is 9.87. The molecule has 10 nitrogen and oxygen atoms in total. The van der Waals surface area contributed by atoms with Gasteiger partial charge in [0.15, 0.2) is 6.23 Å². The first-order valence-corrected chi connectivity index (χ1v) is 13.0. The van der Waals surface area contributed by atoms with Crippen molar-refractivity contribution in [2.24, 2.45) is 0 Å². The molecule has 42 heavy (non-hydrogen) atoms. The number of aromatic nitrogens is 2. The minimum atomic E-state index is -4.47. The highest BCUT2D eigenvalue weighted by atomic mass is 19.4. The van der Waals surface area contributed by atoms with Crippen molar-refractivity contribution in [3.8, 4) is 11.1 Å². The maximum Gasteiger partial charge on any atom is 0.416 e. The Morgan fingerprint density at radius 2 is 1.64 bits per heavy atom. The number of amides is 3. The lowest BCUT2D eigenvalue weighted by molar-refractivity contribution is -0.137. The predicted octanol–water partition coefficient (Wildman–Crippen LogP) is 4.02. The van der Waals surface area contributed by atoms with Gasteiger partial charge in [-0.15, -0.1) is 0 Å². The van der Waals surface area contributed by atoms with E-state index in [1.807, 2.05) is 4.90 Å². The molecule has 0 saturated carbocycles. The summed E-state index contributed by atoms with van der Waals surface area (Å²) >= 11 is 0. The van der Waals surface area contributed by atoms with E-state index in [1.165, 1.54) is 60.4 Å². The van der Waals surface area contributed by atoms with Gasteiger partial charge in [-0.2, -0.15) is 13.2 Å². The van der Waals surface area contributed by atoms with Crippen molar-refractivity contribution in [3.63, 3.8) is 0 Å². The summed E-state index contributed by atoms with van der Waals surface area (Å²) in [5.74, 6) is -0.844. The zero-order valence-electron chi connectivity index (χ0n) is 22.6. The summed E-state index contributed by atoms with van der Waals surface area (Å²) in [7, 11) is 1.51. The van der Waals surface area contributed by atoms with Gasteiger partial charge in [0.05, 0.1) is 17.8 Å². The molecule has 3 aromatic rings. The molecular weight excluding hydrogens is 560 g/mol. The van der Waals surface area contributed by atoms with Crippen LogP contribution in [-0.2, 0) is 15.7 Å².